The molecule has 0 radical (unpaired) electrons. The number of benzene rings is 1. The van der Waals surface area contributed by atoms with E-state index < -0.39 is 15.8 Å². The Labute approximate surface area is 152 Å². The number of carbonyl (C=O) groups is 1. The highest BCUT2D eigenvalue weighted by molar-refractivity contribution is 7.89. The molecule has 0 unspecified atom stereocenters. The molecule has 1 aliphatic rings. The lowest BCUT2D eigenvalue weighted by molar-refractivity contribution is -0.126. The van der Waals surface area contributed by atoms with Crippen molar-refractivity contribution in [2.24, 2.45) is 5.92 Å². The Morgan fingerprint density at radius 3 is 2.46 bits per heavy atom. The van der Waals surface area contributed by atoms with E-state index in [1.165, 1.54) is 16.4 Å². The van der Waals surface area contributed by atoms with Gasteiger partial charge in [-0.1, -0.05) is 0 Å². The molecular formula is C18H21FN2O4S. The molecule has 0 saturated carbocycles. The molecule has 0 spiro atoms. The summed E-state index contributed by atoms with van der Waals surface area (Å²) in [5.41, 5.74) is 0. The van der Waals surface area contributed by atoms with Crippen LogP contribution in [0.4, 0.5) is 4.39 Å². The second-order valence-electron chi connectivity index (χ2n) is 6.38. The van der Waals surface area contributed by atoms with Gasteiger partial charge in [-0.3, -0.25) is 4.79 Å². The van der Waals surface area contributed by atoms with Gasteiger partial charge in [-0.2, -0.15) is 4.31 Å². The molecule has 0 aliphatic carbocycles. The number of amides is 1. The second kappa shape index (κ2) is 7.59. The molecule has 1 aromatic carbocycles. The van der Waals surface area contributed by atoms with Gasteiger partial charge in [0.05, 0.1) is 17.2 Å². The number of hydrogen-bond acceptors (Lipinski definition) is 4. The number of carbonyl (C=O) groups excluding carboxylic acids is 1. The van der Waals surface area contributed by atoms with Crippen LogP contribution in [0.15, 0.2) is 52.0 Å². The maximum atomic E-state index is 13.0. The maximum Gasteiger partial charge on any atom is 0.243 e. The Hall–Kier alpha value is -2.19. The minimum absolute atomic E-state index is 0.0632. The van der Waals surface area contributed by atoms with Gasteiger partial charge >= 0.3 is 0 Å². The summed E-state index contributed by atoms with van der Waals surface area (Å²) in [5.74, 6) is -0.153. The normalized spacial score (nSPS) is 17.8. The SMILES string of the molecule is C[C@@H](NC(=O)C1CCN(S(=O)(=O)c2ccc(F)cc2)CC1)c1ccco1. The van der Waals surface area contributed by atoms with Crippen LogP contribution in [-0.4, -0.2) is 31.7 Å². The van der Waals surface area contributed by atoms with Crippen molar-refractivity contribution < 1.29 is 22.0 Å². The van der Waals surface area contributed by atoms with E-state index in [9.17, 15) is 17.6 Å². The predicted molar refractivity (Wildman–Crippen MR) is 93.1 cm³/mol. The molecule has 140 valence electrons. The van der Waals surface area contributed by atoms with Crippen LogP contribution in [0.2, 0.25) is 0 Å². The summed E-state index contributed by atoms with van der Waals surface area (Å²) >= 11 is 0. The van der Waals surface area contributed by atoms with E-state index in [0.717, 1.165) is 12.1 Å². The van der Waals surface area contributed by atoms with Crippen molar-refractivity contribution in [1.82, 2.24) is 9.62 Å². The van der Waals surface area contributed by atoms with Crippen molar-refractivity contribution in [3.8, 4) is 0 Å². The fraction of sp³-hybridized carbons (Fsp3) is 0.389. The summed E-state index contributed by atoms with van der Waals surface area (Å²) < 4.78 is 44.8. The third-order valence-electron chi connectivity index (χ3n) is 4.60. The van der Waals surface area contributed by atoms with Crippen LogP contribution in [0.3, 0.4) is 0 Å². The zero-order valence-corrected chi connectivity index (χ0v) is 15.2. The van der Waals surface area contributed by atoms with Crippen molar-refractivity contribution in [1.29, 1.82) is 0 Å². The topological polar surface area (TPSA) is 79.6 Å². The first-order valence-electron chi connectivity index (χ1n) is 8.47. The fourth-order valence-corrected chi connectivity index (χ4v) is 4.52. The van der Waals surface area contributed by atoms with E-state index in [4.69, 9.17) is 4.42 Å². The first-order chi connectivity index (χ1) is 12.4. The number of piperidine rings is 1. The predicted octanol–water partition coefficient (Wildman–Crippen LogP) is 2.70. The zero-order chi connectivity index (χ0) is 18.7. The monoisotopic (exact) mass is 380 g/mol. The Balaban J connectivity index is 1.58. The standard InChI is InChI=1S/C18H21FN2O4S/c1-13(17-3-2-12-25-17)20-18(22)14-8-10-21(11-9-14)26(23,24)16-6-4-15(19)5-7-16/h2-7,12-14H,8-11H2,1H3,(H,20,22)/t13-/m1/s1. The molecular weight excluding hydrogens is 359 g/mol. The molecule has 8 heteroatoms. The van der Waals surface area contributed by atoms with E-state index >= 15 is 0 Å². The third kappa shape index (κ3) is 3.96. The molecule has 2 heterocycles. The number of hydrogen-bond donors (Lipinski definition) is 1. The summed E-state index contributed by atoms with van der Waals surface area (Å²) in [5, 5.41) is 2.90. The molecule has 1 fully saturated rings. The minimum atomic E-state index is -3.67. The quantitative estimate of drug-likeness (QED) is 0.865. The largest absolute Gasteiger partial charge is 0.467 e. The lowest BCUT2D eigenvalue weighted by atomic mass is 9.97. The number of halogens is 1. The Kier molecular flexibility index (Phi) is 5.43. The van der Waals surface area contributed by atoms with Gasteiger partial charge in [0.2, 0.25) is 15.9 Å². The molecule has 1 amide bonds. The van der Waals surface area contributed by atoms with Crippen LogP contribution >= 0.6 is 0 Å². The highest BCUT2D eigenvalue weighted by atomic mass is 32.2. The minimum Gasteiger partial charge on any atom is -0.467 e. The highest BCUT2D eigenvalue weighted by Crippen LogP contribution is 2.25. The average Bonchev–Trinajstić information content (AvgIpc) is 3.17. The highest BCUT2D eigenvalue weighted by Gasteiger charge is 2.32. The van der Waals surface area contributed by atoms with Crippen LogP contribution in [-0.2, 0) is 14.8 Å². The van der Waals surface area contributed by atoms with Crippen LogP contribution in [0.1, 0.15) is 31.6 Å². The van der Waals surface area contributed by atoms with Crippen LogP contribution in [0.25, 0.3) is 0 Å². The Morgan fingerprint density at radius 1 is 1.23 bits per heavy atom. The molecule has 2 aromatic rings. The summed E-state index contributed by atoms with van der Waals surface area (Å²) in [7, 11) is -3.67. The van der Waals surface area contributed by atoms with Gasteiger partial charge in [0, 0.05) is 19.0 Å². The van der Waals surface area contributed by atoms with Gasteiger partial charge in [-0.25, -0.2) is 12.8 Å². The lowest BCUT2D eigenvalue weighted by Crippen LogP contribution is -2.43. The van der Waals surface area contributed by atoms with E-state index in [0.29, 0.717) is 18.6 Å². The summed E-state index contributed by atoms with van der Waals surface area (Å²) in [6.07, 6.45) is 2.44. The molecule has 6 nitrogen and oxygen atoms in total. The molecule has 0 bridgehead atoms. The van der Waals surface area contributed by atoms with Crippen LogP contribution < -0.4 is 5.32 Å². The number of nitrogens with one attached hydrogen (secondary N) is 1. The van der Waals surface area contributed by atoms with Gasteiger partial charge in [-0.15, -0.1) is 0 Å². The van der Waals surface area contributed by atoms with E-state index in [1.54, 1.807) is 18.4 Å². The van der Waals surface area contributed by atoms with Gasteiger partial charge in [0.15, 0.2) is 0 Å². The van der Waals surface area contributed by atoms with Crippen molar-refractivity contribution in [2.45, 2.75) is 30.7 Å². The van der Waals surface area contributed by atoms with Crippen molar-refractivity contribution in [3.05, 3.63) is 54.2 Å². The molecule has 1 saturated heterocycles. The summed E-state index contributed by atoms with van der Waals surface area (Å²) in [6, 6.07) is 8.09. The smallest absolute Gasteiger partial charge is 0.243 e. The van der Waals surface area contributed by atoms with Crippen LogP contribution in [0, 0.1) is 11.7 Å². The number of sulfonamides is 1. The third-order valence-corrected chi connectivity index (χ3v) is 6.52. The molecule has 26 heavy (non-hydrogen) atoms. The van der Waals surface area contributed by atoms with E-state index in [2.05, 4.69) is 5.32 Å². The van der Waals surface area contributed by atoms with Gasteiger partial charge < -0.3 is 9.73 Å². The van der Waals surface area contributed by atoms with Gasteiger partial charge in [0.25, 0.3) is 0 Å². The van der Waals surface area contributed by atoms with Crippen molar-refractivity contribution >= 4 is 15.9 Å². The molecule has 1 atom stereocenters. The number of furan rings is 1. The number of rotatable bonds is 5. The first kappa shape index (κ1) is 18.6. The van der Waals surface area contributed by atoms with Gasteiger partial charge in [0.1, 0.15) is 11.6 Å². The number of nitrogens with zero attached hydrogens (tertiary/aromatic N) is 1. The second-order valence-corrected chi connectivity index (χ2v) is 8.32. The summed E-state index contributed by atoms with van der Waals surface area (Å²) in [6.45, 7) is 2.35. The molecule has 1 aromatic heterocycles. The molecule has 1 N–H and O–H groups in total. The molecule has 1 aliphatic heterocycles. The average molecular weight is 380 g/mol. The van der Waals surface area contributed by atoms with Crippen molar-refractivity contribution in [2.75, 3.05) is 13.1 Å². The maximum absolute atomic E-state index is 13.0. The molecule has 3 rings (SSSR count). The lowest BCUT2D eigenvalue weighted by Gasteiger charge is -2.31. The van der Waals surface area contributed by atoms with Crippen molar-refractivity contribution in [3.63, 3.8) is 0 Å². The van der Waals surface area contributed by atoms with E-state index in [-0.39, 0.29) is 35.9 Å². The van der Waals surface area contributed by atoms with Gasteiger partial charge in [-0.05, 0) is 56.2 Å². The fourth-order valence-electron chi connectivity index (χ4n) is 3.05. The summed E-state index contributed by atoms with van der Waals surface area (Å²) in [4.78, 5) is 12.5. The zero-order valence-electron chi connectivity index (χ0n) is 14.4. The Morgan fingerprint density at radius 2 is 1.88 bits per heavy atom. The van der Waals surface area contributed by atoms with E-state index in [1.807, 2.05) is 6.92 Å². The Bertz CT molecular complexity index is 842. The van der Waals surface area contributed by atoms with Crippen LogP contribution in [0.5, 0.6) is 0 Å². The first-order valence-corrected chi connectivity index (χ1v) is 9.91.